The average molecular weight is 306 g/mol. The second kappa shape index (κ2) is 6.23. The quantitative estimate of drug-likeness (QED) is 0.892. The number of hydrogen-bond donors (Lipinski definition) is 2. The molecular formula is C19H18N2O2. The SMILES string of the molecule is N#CC1(c2ccc(C(=O)NC(CO)c3ccccc3)cc2)CC1. The number of hydrogen-bond acceptors (Lipinski definition) is 3. The molecule has 1 saturated carbocycles. The molecule has 23 heavy (non-hydrogen) atoms. The van der Waals surface area contributed by atoms with Crippen molar-refractivity contribution in [2.75, 3.05) is 6.61 Å². The lowest BCUT2D eigenvalue weighted by molar-refractivity contribution is 0.0916. The van der Waals surface area contributed by atoms with Crippen LogP contribution in [0.15, 0.2) is 54.6 Å². The molecule has 116 valence electrons. The molecule has 1 amide bonds. The Kier molecular flexibility index (Phi) is 4.14. The molecule has 2 aromatic carbocycles. The van der Waals surface area contributed by atoms with E-state index in [1.807, 2.05) is 42.5 Å². The zero-order chi connectivity index (χ0) is 16.3. The van der Waals surface area contributed by atoms with Gasteiger partial charge in [-0.25, -0.2) is 0 Å². The predicted octanol–water partition coefficient (Wildman–Crippen LogP) is 2.71. The highest BCUT2D eigenvalue weighted by Gasteiger charge is 2.44. The maximum atomic E-state index is 12.3. The first-order valence-electron chi connectivity index (χ1n) is 7.67. The second-order valence-electron chi connectivity index (χ2n) is 5.89. The van der Waals surface area contributed by atoms with Crippen molar-refractivity contribution in [1.29, 1.82) is 5.26 Å². The van der Waals surface area contributed by atoms with Crippen molar-refractivity contribution in [2.24, 2.45) is 0 Å². The number of nitrogens with one attached hydrogen (secondary N) is 1. The van der Waals surface area contributed by atoms with Crippen molar-refractivity contribution >= 4 is 5.91 Å². The molecule has 1 aliphatic carbocycles. The lowest BCUT2D eigenvalue weighted by Crippen LogP contribution is -2.30. The van der Waals surface area contributed by atoms with E-state index in [1.54, 1.807) is 12.1 Å². The van der Waals surface area contributed by atoms with Crippen LogP contribution in [0.2, 0.25) is 0 Å². The molecule has 2 aromatic rings. The third-order valence-electron chi connectivity index (χ3n) is 4.35. The molecular weight excluding hydrogens is 288 g/mol. The molecule has 0 spiro atoms. The molecule has 2 N–H and O–H groups in total. The number of nitrogens with zero attached hydrogens (tertiary/aromatic N) is 1. The van der Waals surface area contributed by atoms with Crippen molar-refractivity contribution in [3.05, 3.63) is 71.3 Å². The van der Waals surface area contributed by atoms with E-state index in [0.29, 0.717) is 5.56 Å². The first kappa shape index (κ1) is 15.3. The number of benzene rings is 2. The molecule has 3 rings (SSSR count). The molecule has 1 aliphatic rings. The number of rotatable bonds is 5. The normalized spacial score (nSPS) is 16.2. The Morgan fingerprint density at radius 3 is 2.35 bits per heavy atom. The standard InChI is InChI=1S/C19H18N2O2/c20-13-19(10-11-19)16-8-6-15(7-9-16)18(23)21-17(12-22)14-4-2-1-3-5-14/h1-9,17,22H,10-12H2,(H,21,23). The molecule has 1 atom stereocenters. The van der Waals surface area contributed by atoms with E-state index in [2.05, 4.69) is 11.4 Å². The van der Waals surface area contributed by atoms with Crippen molar-refractivity contribution in [1.82, 2.24) is 5.32 Å². The summed E-state index contributed by atoms with van der Waals surface area (Å²) in [6.07, 6.45) is 1.77. The van der Waals surface area contributed by atoms with Crippen LogP contribution in [0.4, 0.5) is 0 Å². The highest BCUT2D eigenvalue weighted by Crippen LogP contribution is 2.47. The molecule has 0 bridgehead atoms. The first-order chi connectivity index (χ1) is 11.2. The molecule has 0 radical (unpaired) electrons. The van der Waals surface area contributed by atoms with Gasteiger partial charge < -0.3 is 10.4 Å². The molecule has 1 unspecified atom stereocenters. The van der Waals surface area contributed by atoms with Crippen LogP contribution < -0.4 is 5.32 Å². The summed E-state index contributed by atoms with van der Waals surface area (Å²) < 4.78 is 0. The van der Waals surface area contributed by atoms with Crippen molar-refractivity contribution in [3.8, 4) is 6.07 Å². The van der Waals surface area contributed by atoms with E-state index in [0.717, 1.165) is 24.0 Å². The Hall–Kier alpha value is -2.64. The summed E-state index contributed by atoms with van der Waals surface area (Å²) >= 11 is 0. The number of aliphatic hydroxyl groups excluding tert-OH is 1. The highest BCUT2D eigenvalue weighted by atomic mass is 16.3. The van der Waals surface area contributed by atoms with Gasteiger partial charge in [0.2, 0.25) is 0 Å². The molecule has 0 aromatic heterocycles. The van der Waals surface area contributed by atoms with Crippen molar-refractivity contribution < 1.29 is 9.90 Å². The maximum Gasteiger partial charge on any atom is 0.251 e. The summed E-state index contributed by atoms with van der Waals surface area (Å²) in [7, 11) is 0. The van der Waals surface area contributed by atoms with Gasteiger partial charge in [0.1, 0.15) is 0 Å². The Labute approximate surface area is 135 Å². The van der Waals surface area contributed by atoms with Crippen LogP contribution in [-0.2, 0) is 5.41 Å². The molecule has 0 aliphatic heterocycles. The Bertz CT molecular complexity index is 728. The average Bonchev–Trinajstić information content (AvgIpc) is 3.41. The zero-order valence-corrected chi connectivity index (χ0v) is 12.7. The van der Waals surface area contributed by atoms with E-state index in [-0.39, 0.29) is 17.9 Å². The lowest BCUT2D eigenvalue weighted by Gasteiger charge is -2.17. The molecule has 4 heteroatoms. The van der Waals surface area contributed by atoms with Gasteiger partial charge in [-0.05, 0) is 36.1 Å². The number of carbonyl (C=O) groups is 1. The maximum absolute atomic E-state index is 12.3. The fourth-order valence-corrected chi connectivity index (χ4v) is 2.69. The largest absolute Gasteiger partial charge is 0.394 e. The number of nitriles is 1. The Morgan fingerprint density at radius 1 is 1.17 bits per heavy atom. The summed E-state index contributed by atoms with van der Waals surface area (Å²) in [5.74, 6) is -0.235. The smallest absolute Gasteiger partial charge is 0.251 e. The van der Waals surface area contributed by atoms with Crippen LogP contribution in [0.25, 0.3) is 0 Å². The number of amides is 1. The van der Waals surface area contributed by atoms with Gasteiger partial charge >= 0.3 is 0 Å². The van der Waals surface area contributed by atoms with Gasteiger partial charge in [0.05, 0.1) is 24.1 Å². The zero-order valence-electron chi connectivity index (χ0n) is 12.7. The van der Waals surface area contributed by atoms with Crippen LogP contribution >= 0.6 is 0 Å². The van der Waals surface area contributed by atoms with Gasteiger partial charge in [-0.2, -0.15) is 5.26 Å². The fraction of sp³-hybridized carbons (Fsp3) is 0.263. The summed E-state index contributed by atoms with van der Waals surface area (Å²) in [6, 6.07) is 18.5. The van der Waals surface area contributed by atoms with Crippen LogP contribution in [0, 0.1) is 11.3 Å². The minimum Gasteiger partial charge on any atom is -0.394 e. The fourth-order valence-electron chi connectivity index (χ4n) is 2.69. The number of aliphatic hydroxyl groups is 1. The first-order valence-corrected chi connectivity index (χ1v) is 7.67. The van der Waals surface area contributed by atoms with Gasteiger partial charge in [0, 0.05) is 5.56 Å². The summed E-state index contributed by atoms with van der Waals surface area (Å²) in [5, 5.41) is 21.6. The van der Waals surface area contributed by atoms with E-state index in [4.69, 9.17) is 0 Å². The van der Waals surface area contributed by atoms with Crippen LogP contribution in [0.3, 0.4) is 0 Å². The van der Waals surface area contributed by atoms with Gasteiger partial charge in [0.15, 0.2) is 0 Å². The van der Waals surface area contributed by atoms with E-state index >= 15 is 0 Å². The molecule has 0 heterocycles. The molecule has 0 saturated heterocycles. The van der Waals surface area contributed by atoms with E-state index in [1.165, 1.54) is 0 Å². The van der Waals surface area contributed by atoms with Crippen LogP contribution in [0.5, 0.6) is 0 Å². The van der Waals surface area contributed by atoms with Crippen LogP contribution in [-0.4, -0.2) is 17.6 Å². The molecule has 4 nitrogen and oxygen atoms in total. The third-order valence-corrected chi connectivity index (χ3v) is 4.35. The number of carbonyl (C=O) groups excluding carboxylic acids is 1. The molecule has 1 fully saturated rings. The van der Waals surface area contributed by atoms with Crippen molar-refractivity contribution in [2.45, 2.75) is 24.3 Å². The lowest BCUT2D eigenvalue weighted by atomic mass is 9.96. The Morgan fingerprint density at radius 2 is 1.83 bits per heavy atom. The van der Waals surface area contributed by atoms with E-state index < -0.39 is 6.04 Å². The highest BCUT2D eigenvalue weighted by molar-refractivity contribution is 5.94. The van der Waals surface area contributed by atoms with Gasteiger partial charge in [-0.1, -0.05) is 42.5 Å². The summed E-state index contributed by atoms with van der Waals surface area (Å²) in [6.45, 7) is -0.161. The summed E-state index contributed by atoms with van der Waals surface area (Å²) in [4.78, 5) is 12.3. The van der Waals surface area contributed by atoms with E-state index in [9.17, 15) is 15.2 Å². The van der Waals surface area contributed by atoms with Crippen LogP contribution in [0.1, 0.15) is 40.4 Å². The topological polar surface area (TPSA) is 73.1 Å². The monoisotopic (exact) mass is 306 g/mol. The second-order valence-corrected chi connectivity index (χ2v) is 5.89. The predicted molar refractivity (Wildman–Crippen MR) is 86.7 cm³/mol. The van der Waals surface area contributed by atoms with Gasteiger partial charge in [0.25, 0.3) is 5.91 Å². The van der Waals surface area contributed by atoms with Gasteiger partial charge in [-0.15, -0.1) is 0 Å². The van der Waals surface area contributed by atoms with Crippen molar-refractivity contribution in [3.63, 3.8) is 0 Å². The third kappa shape index (κ3) is 3.10. The summed E-state index contributed by atoms with van der Waals surface area (Å²) in [5.41, 5.74) is 2.02. The van der Waals surface area contributed by atoms with Gasteiger partial charge in [-0.3, -0.25) is 4.79 Å². The minimum absolute atomic E-state index is 0.161. The Balaban J connectivity index is 1.72. The minimum atomic E-state index is -0.433.